The van der Waals surface area contributed by atoms with Crippen molar-refractivity contribution in [1.82, 2.24) is 4.98 Å². The van der Waals surface area contributed by atoms with Gasteiger partial charge < -0.3 is 10.7 Å². The summed E-state index contributed by atoms with van der Waals surface area (Å²) in [5.41, 5.74) is 8.26. The molecule has 0 saturated heterocycles. The minimum absolute atomic E-state index is 0.0537. The second kappa shape index (κ2) is 4.14. The highest BCUT2D eigenvalue weighted by Gasteiger charge is 2.08. The molecular formula is C11H11IN2. The topological polar surface area (TPSA) is 41.8 Å². The molecule has 2 rings (SSSR count). The van der Waals surface area contributed by atoms with Crippen molar-refractivity contribution in [1.29, 1.82) is 0 Å². The van der Waals surface area contributed by atoms with Gasteiger partial charge in [0, 0.05) is 15.5 Å². The Balaban J connectivity index is 2.28. The second-order valence-electron chi connectivity index (χ2n) is 3.15. The standard InChI is InChI=1S/C11H11IN2/c12-9-5-3-8(4-6-9)11(13)10-2-1-7-14-10/h1-7,11,14H,13H2. The number of hydrogen-bond donors (Lipinski definition) is 2. The van der Waals surface area contributed by atoms with Crippen LogP contribution in [-0.2, 0) is 0 Å². The molecule has 0 spiro atoms. The highest BCUT2D eigenvalue weighted by Crippen LogP contribution is 2.18. The number of rotatable bonds is 2. The van der Waals surface area contributed by atoms with Crippen LogP contribution in [0.3, 0.4) is 0 Å². The van der Waals surface area contributed by atoms with Crippen molar-refractivity contribution in [3.05, 3.63) is 57.4 Å². The van der Waals surface area contributed by atoms with Crippen molar-refractivity contribution in [3.8, 4) is 0 Å². The van der Waals surface area contributed by atoms with Gasteiger partial charge in [-0.1, -0.05) is 12.1 Å². The quantitative estimate of drug-likeness (QED) is 0.822. The molecule has 72 valence electrons. The SMILES string of the molecule is NC(c1ccc(I)cc1)c1ccc[nH]1. The Kier molecular flexibility index (Phi) is 2.88. The van der Waals surface area contributed by atoms with E-state index in [1.165, 1.54) is 3.57 Å². The smallest absolute Gasteiger partial charge is 0.0704 e. The Bertz CT molecular complexity index is 392. The van der Waals surface area contributed by atoms with Crippen LogP contribution in [0.1, 0.15) is 17.3 Å². The van der Waals surface area contributed by atoms with Gasteiger partial charge in [-0.25, -0.2) is 0 Å². The van der Waals surface area contributed by atoms with E-state index in [1.807, 2.05) is 18.3 Å². The second-order valence-corrected chi connectivity index (χ2v) is 4.40. The minimum atomic E-state index is -0.0537. The largest absolute Gasteiger partial charge is 0.363 e. The average molecular weight is 298 g/mol. The Morgan fingerprint density at radius 1 is 1.14 bits per heavy atom. The van der Waals surface area contributed by atoms with E-state index in [0.29, 0.717) is 0 Å². The first-order chi connectivity index (χ1) is 6.77. The number of aromatic nitrogens is 1. The van der Waals surface area contributed by atoms with Crippen molar-refractivity contribution in [2.45, 2.75) is 6.04 Å². The predicted octanol–water partition coefficient (Wildman–Crippen LogP) is 2.67. The fourth-order valence-electron chi connectivity index (χ4n) is 1.39. The molecule has 1 aromatic heterocycles. The van der Waals surface area contributed by atoms with E-state index in [0.717, 1.165) is 11.3 Å². The molecule has 3 heteroatoms. The molecule has 0 amide bonds. The Labute approximate surface area is 96.7 Å². The third-order valence-corrected chi connectivity index (χ3v) is 2.91. The Morgan fingerprint density at radius 3 is 2.43 bits per heavy atom. The molecule has 3 N–H and O–H groups in total. The third kappa shape index (κ3) is 1.99. The van der Waals surface area contributed by atoms with E-state index in [9.17, 15) is 0 Å². The fraction of sp³-hybridized carbons (Fsp3) is 0.0909. The van der Waals surface area contributed by atoms with Gasteiger partial charge >= 0.3 is 0 Å². The van der Waals surface area contributed by atoms with Crippen molar-refractivity contribution in [3.63, 3.8) is 0 Å². The zero-order chi connectivity index (χ0) is 9.97. The zero-order valence-electron chi connectivity index (χ0n) is 7.57. The van der Waals surface area contributed by atoms with Crippen LogP contribution in [0.2, 0.25) is 0 Å². The molecule has 0 radical (unpaired) electrons. The third-order valence-electron chi connectivity index (χ3n) is 2.19. The number of benzene rings is 1. The molecule has 0 aliphatic rings. The molecular weight excluding hydrogens is 287 g/mol. The van der Waals surface area contributed by atoms with Gasteiger partial charge in [-0.3, -0.25) is 0 Å². The molecule has 0 bridgehead atoms. The highest BCUT2D eigenvalue weighted by atomic mass is 127. The number of H-pyrrole nitrogens is 1. The lowest BCUT2D eigenvalue weighted by atomic mass is 10.1. The maximum Gasteiger partial charge on any atom is 0.0704 e. The van der Waals surface area contributed by atoms with Crippen molar-refractivity contribution >= 4 is 22.6 Å². The molecule has 0 fully saturated rings. The van der Waals surface area contributed by atoms with Crippen LogP contribution in [0.15, 0.2) is 42.6 Å². The number of hydrogen-bond acceptors (Lipinski definition) is 1. The van der Waals surface area contributed by atoms with E-state index >= 15 is 0 Å². The van der Waals surface area contributed by atoms with Crippen LogP contribution in [0.4, 0.5) is 0 Å². The maximum atomic E-state index is 6.08. The summed E-state index contributed by atoms with van der Waals surface area (Å²) in [6.07, 6.45) is 1.89. The van der Waals surface area contributed by atoms with Crippen LogP contribution >= 0.6 is 22.6 Å². The molecule has 2 nitrogen and oxygen atoms in total. The van der Waals surface area contributed by atoms with Crippen LogP contribution in [-0.4, -0.2) is 4.98 Å². The normalized spacial score (nSPS) is 12.7. The van der Waals surface area contributed by atoms with Gasteiger partial charge in [-0.2, -0.15) is 0 Å². The molecule has 1 heterocycles. The van der Waals surface area contributed by atoms with Crippen LogP contribution in [0.5, 0.6) is 0 Å². The van der Waals surface area contributed by atoms with Gasteiger partial charge in [0.15, 0.2) is 0 Å². The molecule has 1 aromatic carbocycles. The summed E-state index contributed by atoms with van der Waals surface area (Å²) in [6.45, 7) is 0. The number of halogens is 1. The predicted molar refractivity (Wildman–Crippen MR) is 66.0 cm³/mol. The van der Waals surface area contributed by atoms with Crippen molar-refractivity contribution in [2.24, 2.45) is 5.73 Å². The minimum Gasteiger partial charge on any atom is -0.363 e. The van der Waals surface area contributed by atoms with Crippen LogP contribution in [0, 0.1) is 3.57 Å². The molecule has 0 aliphatic carbocycles. The highest BCUT2D eigenvalue weighted by molar-refractivity contribution is 14.1. The van der Waals surface area contributed by atoms with Gasteiger partial charge in [0.1, 0.15) is 0 Å². The summed E-state index contributed by atoms with van der Waals surface area (Å²) < 4.78 is 1.23. The summed E-state index contributed by atoms with van der Waals surface area (Å²) in [4.78, 5) is 3.12. The summed E-state index contributed by atoms with van der Waals surface area (Å²) in [5, 5.41) is 0. The van der Waals surface area contributed by atoms with Gasteiger partial charge in [-0.15, -0.1) is 0 Å². The first-order valence-corrected chi connectivity index (χ1v) is 5.49. The van der Waals surface area contributed by atoms with E-state index in [4.69, 9.17) is 5.73 Å². The molecule has 2 aromatic rings. The van der Waals surface area contributed by atoms with E-state index in [1.54, 1.807) is 0 Å². The van der Waals surface area contributed by atoms with E-state index in [-0.39, 0.29) is 6.04 Å². The van der Waals surface area contributed by atoms with E-state index in [2.05, 4.69) is 51.8 Å². The fourth-order valence-corrected chi connectivity index (χ4v) is 1.75. The summed E-state index contributed by atoms with van der Waals surface area (Å²) >= 11 is 2.28. The molecule has 0 aliphatic heterocycles. The molecule has 1 atom stereocenters. The molecule has 14 heavy (non-hydrogen) atoms. The first kappa shape index (κ1) is 9.73. The average Bonchev–Trinajstić information content (AvgIpc) is 2.71. The van der Waals surface area contributed by atoms with Crippen molar-refractivity contribution < 1.29 is 0 Å². The summed E-state index contributed by atoms with van der Waals surface area (Å²) in [7, 11) is 0. The van der Waals surface area contributed by atoms with Gasteiger partial charge in [0.25, 0.3) is 0 Å². The maximum absolute atomic E-state index is 6.08. The Morgan fingerprint density at radius 2 is 1.86 bits per heavy atom. The first-order valence-electron chi connectivity index (χ1n) is 4.42. The number of aromatic amines is 1. The van der Waals surface area contributed by atoms with Crippen LogP contribution < -0.4 is 5.73 Å². The van der Waals surface area contributed by atoms with E-state index < -0.39 is 0 Å². The lowest BCUT2D eigenvalue weighted by Crippen LogP contribution is -2.11. The van der Waals surface area contributed by atoms with Gasteiger partial charge in [0.2, 0.25) is 0 Å². The van der Waals surface area contributed by atoms with Crippen molar-refractivity contribution in [2.75, 3.05) is 0 Å². The number of nitrogens with one attached hydrogen (secondary N) is 1. The lowest BCUT2D eigenvalue weighted by Gasteiger charge is -2.09. The van der Waals surface area contributed by atoms with Gasteiger partial charge in [0.05, 0.1) is 6.04 Å². The lowest BCUT2D eigenvalue weighted by molar-refractivity contribution is 0.838. The Hall–Kier alpha value is -0.810. The summed E-state index contributed by atoms with van der Waals surface area (Å²) in [5.74, 6) is 0. The summed E-state index contributed by atoms with van der Waals surface area (Å²) in [6, 6.07) is 12.2. The zero-order valence-corrected chi connectivity index (χ0v) is 9.73. The van der Waals surface area contributed by atoms with Crippen LogP contribution in [0.25, 0.3) is 0 Å². The molecule has 0 saturated carbocycles. The van der Waals surface area contributed by atoms with Gasteiger partial charge in [-0.05, 0) is 52.4 Å². The number of nitrogens with two attached hydrogens (primary N) is 1. The monoisotopic (exact) mass is 298 g/mol. The molecule has 1 unspecified atom stereocenters.